The lowest BCUT2D eigenvalue weighted by Crippen LogP contribution is -2.50. The number of nitrogens with zero attached hydrogens (tertiary/aromatic N) is 2. The molecule has 12 heteroatoms. The summed E-state index contributed by atoms with van der Waals surface area (Å²) >= 11 is 6.39. The molecule has 0 spiro atoms. The smallest absolute Gasteiger partial charge is 0.350 e. The fourth-order valence-corrected chi connectivity index (χ4v) is 5.94. The van der Waals surface area contributed by atoms with E-state index in [1.165, 1.54) is 17.1 Å². The molecule has 1 saturated carbocycles. The van der Waals surface area contributed by atoms with E-state index >= 15 is 0 Å². The van der Waals surface area contributed by atoms with Crippen molar-refractivity contribution in [2.45, 2.75) is 63.2 Å². The second kappa shape index (κ2) is 11.4. The van der Waals surface area contributed by atoms with Gasteiger partial charge in [-0.15, -0.1) is 0 Å². The molecule has 2 fully saturated rings. The lowest BCUT2D eigenvalue weighted by Gasteiger charge is -2.31. The molecule has 200 valence electrons. The molecule has 2 aliphatic rings. The van der Waals surface area contributed by atoms with E-state index < -0.39 is 40.0 Å². The highest BCUT2D eigenvalue weighted by atomic mass is 35.5. The second-order valence-corrected chi connectivity index (χ2v) is 11.2. The lowest BCUT2D eigenvalue weighted by atomic mass is 9.95. The maximum Gasteiger partial charge on any atom is 0.350 e. The first-order valence-electron chi connectivity index (χ1n) is 12.2. The molecule has 1 aliphatic carbocycles. The highest BCUT2D eigenvalue weighted by molar-refractivity contribution is 7.83. The first-order chi connectivity index (χ1) is 17.6. The number of halogens is 2. The van der Waals surface area contributed by atoms with Crippen LogP contribution in [-0.4, -0.2) is 52.8 Å². The standard InChI is InChI=1S/C25H30ClFN4O5S/c1-16-15-30(16)31(37(34,35)36)23(17-8-7-9-18(27)14-17)25(33)29-22(20-12-5-6-13-21(20)26)24(32)28-19-10-3-2-4-11-19/h5-9,12-14,16,19,22-23H,2-4,10-11,15H2,1H3,(H,28,32)(H,29,33)(H,34,35,36)/t16-,22?,23?,30?/m0/s1. The zero-order valence-corrected chi connectivity index (χ0v) is 21.9. The van der Waals surface area contributed by atoms with Crippen molar-refractivity contribution in [3.63, 3.8) is 0 Å². The molecular formula is C25H30ClFN4O5S. The zero-order chi connectivity index (χ0) is 26.7. The Morgan fingerprint density at radius 1 is 1.11 bits per heavy atom. The predicted molar refractivity (Wildman–Crippen MR) is 136 cm³/mol. The van der Waals surface area contributed by atoms with Crippen LogP contribution in [0.4, 0.5) is 4.39 Å². The number of hydrogen-bond donors (Lipinski definition) is 3. The topological polar surface area (TPSA) is 119 Å². The van der Waals surface area contributed by atoms with Crippen LogP contribution in [0.25, 0.3) is 0 Å². The van der Waals surface area contributed by atoms with E-state index in [9.17, 15) is 27.0 Å². The van der Waals surface area contributed by atoms with Gasteiger partial charge in [-0.3, -0.25) is 14.1 Å². The first-order valence-corrected chi connectivity index (χ1v) is 14.0. The minimum absolute atomic E-state index is 0.0141. The predicted octanol–water partition coefficient (Wildman–Crippen LogP) is 3.55. The van der Waals surface area contributed by atoms with Crippen molar-refractivity contribution in [2.24, 2.45) is 0 Å². The van der Waals surface area contributed by atoms with Gasteiger partial charge < -0.3 is 10.6 Å². The summed E-state index contributed by atoms with van der Waals surface area (Å²) in [6.45, 7) is 1.97. The van der Waals surface area contributed by atoms with Gasteiger partial charge in [-0.2, -0.15) is 8.42 Å². The van der Waals surface area contributed by atoms with E-state index in [1.54, 1.807) is 31.2 Å². The molecule has 4 atom stereocenters. The fraction of sp³-hybridized carbons (Fsp3) is 0.440. The second-order valence-electron chi connectivity index (χ2n) is 9.49. The highest BCUT2D eigenvalue weighted by Crippen LogP contribution is 2.34. The van der Waals surface area contributed by atoms with Crippen LogP contribution >= 0.6 is 11.6 Å². The molecule has 1 aliphatic heterocycles. The third-order valence-electron chi connectivity index (χ3n) is 6.67. The van der Waals surface area contributed by atoms with Gasteiger partial charge in [-0.1, -0.05) is 65.6 Å². The first kappa shape index (κ1) is 27.5. The SMILES string of the molecule is C[C@H]1CN1N(C(C(=O)NC(C(=O)NC1CCCCC1)c1ccccc1Cl)c1cccc(F)c1)S(=O)(=O)O. The molecule has 3 N–H and O–H groups in total. The van der Waals surface area contributed by atoms with Crippen molar-refractivity contribution >= 4 is 33.7 Å². The summed E-state index contributed by atoms with van der Waals surface area (Å²) in [5.74, 6) is -2.11. The Labute approximate surface area is 220 Å². The van der Waals surface area contributed by atoms with Crippen molar-refractivity contribution in [2.75, 3.05) is 6.54 Å². The number of carbonyl (C=O) groups excluding carboxylic acids is 2. The van der Waals surface area contributed by atoms with Gasteiger partial charge in [0.1, 0.15) is 17.9 Å². The Bertz CT molecular complexity index is 1260. The summed E-state index contributed by atoms with van der Waals surface area (Å²) in [5.41, 5.74) is 0.308. The summed E-state index contributed by atoms with van der Waals surface area (Å²) in [6.07, 6.45) is 4.67. The summed E-state index contributed by atoms with van der Waals surface area (Å²) in [5, 5.41) is 7.12. The quantitative estimate of drug-likeness (QED) is 0.323. The Kier molecular flexibility index (Phi) is 8.49. The summed E-state index contributed by atoms with van der Waals surface area (Å²) < 4.78 is 49.6. The van der Waals surface area contributed by atoms with Gasteiger partial charge in [0.25, 0.3) is 0 Å². The Hall–Kier alpha value is -2.57. The summed E-state index contributed by atoms with van der Waals surface area (Å²) in [4.78, 5) is 27.2. The molecule has 2 aromatic carbocycles. The molecule has 0 radical (unpaired) electrons. The number of amides is 2. The molecule has 1 heterocycles. The molecule has 4 rings (SSSR count). The molecule has 0 bridgehead atoms. The van der Waals surface area contributed by atoms with E-state index in [1.807, 2.05) is 0 Å². The number of rotatable bonds is 9. The molecular weight excluding hydrogens is 523 g/mol. The number of benzene rings is 2. The molecule has 0 aromatic heterocycles. The van der Waals surface area contributed by atoms with Gasteiger partial charge in [-0.05, 0) is 43.5 Å². The summed E-state index contributed by atoms with van der Waals surface area (Å²) in [6, 6.07) is 8.14. The summed E-state index contributed by atoms with van der Waals surface area (Å²) in [7, 11) is -4.94. The Morgan fingerprint density at radius 3 is 2.38 bits per heavy atom. The molecule has 2 amide bonds. The largest absolute Gasteiger partial charge is 0.351 e. The molecule has 37 heavy (non-hydrogen) atoms. The van der Waals surface area contributed by atoms with E-state index in [2.05, 4.69) is 10.6 Å². The highest BCUT2D eigenvalue weighted by Gasteiger charge is 2.48. The fourth-order valence-electron chi connectivity index (χ4n) is 4.71. The maximum absolute atomic E-state index is 14.2. The Morgan fingerprint density at radius 2 is 1.78 bits per heavy atom. The van der Waals surface area contributed by atoms with E-state index in [4.69, 9.17) is 11.6 Å². The van der Waals surface area contributed by atoms with E-state index in [-0.39, 0.29) is 29.2 Å². The minimum Gasteiger partial charge on any atom is -0.351 e. The minimum atomic E-state index is -4.94. The monoisotopic (exact) mass is 552 g/mol. The van der Waals surface area contributed by atoms with Crippen LogP contribution in [0.1, 0.15) is 62.2 Å². The molecule has 2 aromatic rings. The van der Waals surface area contributed by atoms with Gasteiger partial charge in [0.2, 0.25) is 11.8 Å². The van der Waals surface area contributed by atoms with Crippen LogP contribution in [0.3, 0.4) is 0 Å². The van der Waals surface area contributed by atoms with Gasteiger partial charge in [-0.25, -0.2) is 9.40 Å². The normalized spacial score (nSPS) is 21.8. The average molecular weight is 553 g/mol. The molecule has 9 nitrogen and oxygen atoms in total. The maximum atomic E-state index is 14.2. The number of hydrazine groups is 1. The van der Waals surface area contributed by atoms with Gasteiger partial charge in [0, 0.05) is 29.2 Å². The lowest BCUT2D eigenvalue weighted by molar-refractivity contribution is -0.133. The van der Waals surface area contributed by atoms with E-state index in [0.29, 0.717) is 9.98 Å². The Balaban J connectivity index is 1.71. The van der Waals surface area contributed by atoms with E-state index in [0.717, 1.165) is 44.2 Å². The van der Waals surface area contributed by atoms with Crippen LogP contribution in [-0.2, 0) is 19.9 Å². The average Bonchev–Trinajstić information content (AvgIpc) is 3.56. The van der Waals surface area contributed by atoms with Crippen LogP contribution in [0.5, 0.6) is 0 Å². The van der Waals surface area contributed by atoms with Crippen LogP contribution in [0.2, 0.25) is 5.02 Å². The van der Waals surface area contributed by atoms with Crippen molar-refractivity contribution in [1.82, 2.24) is 20.1 Å². The third-order valence-corrected chi connectivity index (χ3v) is 7.90. The third kappa shape index (κ3) is 6.66. The molecule has 3 unspecified atom stereocenters. The van der Waals surface area contributed by atoms with Crippen molar-refractivity contribution in [1.29, 1.82) is 0 Å². The van der Waals surface area contributed by atoms with Crippen molar-refractivity contribution in [3.8, 4) is 0 Å². The van der Waals surface area contributed by atoms with Gasteiger partial charge >= 0.3 is 10.3 Å². The van der Waals surface area contributed by atoms with Crippen molar-refractivity contribution in [3.05, 3.63) is 70.5 Å². The number of hydrogen-bond acceptors (Lipinski definition) is 5. The number of carbonyl (C=O) groups is 2. The van der Waals surface area contributed by atoms with Crippen LogP contribution in [0.15, 0.2) is 48.5 Å². The van der Waals surface area contributed by atoms with Crippen LogP contribution < -0.4 is 10.6 Å². The van der Waals surface area contributed by atoms with Gasteiger partial charge in [0.15, 0.2) is 0 Å². The van der Waals surface area contributed by atoms with Crippen molar-refractivity contribution < 1.29 is 27.0 Å². The van der Waals surface area contributed by atoms with Crippen LogP contribution in [0, 0.1) is 5.82 Å². The molecule has 1 saturated heterocycles. The van der Waals surface area contributed by atoms with Gasteiger partial charge in [0.05, 0.1) is 0 Å². The number of nitrogens with one attached hydrogen (secondary N) is 2. The zero-order valence-electron chi connectivity index (χ0n) is 20.3.